The molecule has 0 bridgehead atoms. The Balaban J connectivity index is 2.32. The van der Waals surface area contributed by atoms with Crippen molar-refractivity contribution in [3.05, 3.63) is 10.0 Å². The molecule has 1 aromatic rings. The van der Waals surface area contributed by atoms with Gasteiger partial charge in [0, 0.05) is 12.8 Å². The van der Waals surface area contributed by atoms with Crippen LogP contribution in [-0.2, 0) is 12.8 Å². The van der Waals surface area contributed by atoms with Gasteiger partial charge in [-0.15, -0.1) is 21.5 Å². The van der Waals surface area contributed by atoms with Crippen LogP contribution in [0, 0.1) is 11.3 Å². The van der Waals surface area contributed by atoms with E-state index in [2.05, 4.69) is 50.1 Å². The molecule has 0 aliphatic rings. The fourth-order valence-corrected chi connectivity index (χ4v) is 2.72. The Morgan fingerprint density at radius 2 is 1.84 bits per heavy atom. The third-order valence-corrected chi connectivity index (χ3v) is 4.64. The van der Waals surface area contributed by atoms with E-state index in [1.54, 1.807) is 11.3 Å². The molecule has 1 atom stereocenters. The van der Waals surface area contributed by atoms with Gasteiger partial charge >= 0.3 is 0 Å². The maximum atomic E-state index is 4.33. The Bertz CT molecular complexity index is 355. The van der Waals surface area contributed by atoms with Crippen LogP contribution in [-0.4, -0.2) is 23.3 Å². The van der Waals surface area contributed by atoms with Gasteiger partial charge in [-0.05, 0) is 37.3 Å². The van der Waals surface area contributed by atoms with Gasteiger partial charge in [-0.25, -0.2) is 0 Å². The first-order chi connectivity index (χ1) is 8.93. The van der Waals surface area contributed by atoms with E-state index >= 15 is 0 Å². The summed E-state index contributed by atoms with van der Waals surface area (Å²) in [5, 5.41) is 14.4. The first-order valence-corrected chi connectivity index (χ1v) is 8.27. The summed E-state index contributed by atoms with van der Waals surface area (Å²) >= 11 is 1.79. The second-order valence-corrected chi connectivity index (χ2v) is 7.56. The van der Waals surface area contributed by atoms with Crippen molar-refractivity contribution >= 4 is 11.3 Å². The van der Waals surface area contributed by atoms with E-state index in [9.17, 15) is 0 Å². The minimum absolute atomic E-state index is 0.343. The third-order valence-electron chi connectivity index (χ3n) is 3.64. The van der Waals surface area contributed by atoms with E-state index in [1.807, 2.05) is 0 Å². The van der Waals surface area contributed by atoms with Crippen LogP contribution in [0.5, 0.6) is 0 Å². The Kier molecular flexibility index (Phi) is 6.94. The van der Waals surface area contributed by atoms with Crippen LogP contribution in [0.3, 0.4) is 0 Å². The summed E-state index contributed by atoms with van der Waals surface area (Å²) in [7, 11) is 0. The summed E-state index contributed by atoms with van der Waals surface area (Å²) in [5.74, 6) is 0.638. The van der Waals surface area contributed by atoms with Crippen molar-refractivity contribution in [2.75, 3.05) is 13.1 Å². The van der Waals surface area contributed by atoms with E-state index < -0.39 is 0 Å². The normalized spacial score (nSPS) is 13.7. The SMILES string of the molecule is CCCNCCCc1nnc(CC(C)C(C)(C)C)s1. The summed E-state index contributed by atoms with van der Waals surface area (Å²) in [4.78, 5) is 0. The second-order valence-electron chi connectivity index (χ2n) is 6.41. The molecule has 0 aliphatic heterocycles. The lowest BCUT2D eigenvalue weighted by molar-refractivity contribution is 0.259. The Morgan fingerprint density at radius 3 is 2.47 bits per heavy atom. The van der Waals surface area contributed by atoms with Crippen molar-refractivity contribution < 1.29 is 0 Å². The highest BCUT2D eigenvalue weighted by Crippen LogP contribution is 2.29. The summed E-state index contributed by atoms with van der Waals surface area (Å²) in [6.45, 7) is 13.6. The molecular weight excluding hydrogens is 254 g/mol. The smallest absolute Gasteiger partial charge is 0.117 e. The highest BCUT2D eigenvalue weighted by atomic mass is 32.1. The fraction of sp³-hybridized carbons (Fsp3) is 0.867. The Hall–Kier alpha value is -0.480. The molecule has 0 radical (unpaired) electrons. The van der Waals surface area contributed by atoms with Gasteiger partial charge in [0.25, 0.3) is 0 Å². The first kappa shape index (κ1) is 16.6. The minimum atomic E-state index is 0.343. The van der Waals surface area contributed by atoms with E-state index in [0.29, 0.717) is 11.3 Å². The van der Waals surface area contributed by atoms with Crippen molar-refractivity contribution in [1.82, 2.24) is 15.5 Å². The molecule has 1 aromatic heterocycles. The molecule has 0 amide bonds. The molecule has 0 aliphatic carbocycles. The van der Waals surface area contributed by atoms with Crippen molar-refractivity contribution in [1.29, 1.82) is 0 Å². The van der Waals surface area contributed by atoms with E-state index in [0.717, 1.165) is 32.4 Å². The van der Waals surface area contributed by atoms with Gasteiger partial charge in [0.1, 0.15) is 10.0 Å². The van der Waals surface area contributed by atoms with Gasteiger partial charge in [0.05, 0.1) is 0 Å². The maximum absolute atomic E-state index is 4.33. The average molecular weight is 283 g/mol. The zero-order valence-electron chi connectivity index (χ0n) is 13.1. The summed E-state index contributed by atoms with van der Waals surface area (Å²) < 4.78 is 0. The van der Waals surface area contributed by atoms with Gasteiger partial charge in [-0.1, -0.05) is 34.6 Å². The van der Waals surface area contributed by atoms with Crippen LogP contribution in [0.4, 0.5) is 0 Å². The van der Waals surface area contributed by atoms with Crippen LogP contribution >= 0.6 is 11.3 Å². The highest BCUT2D eigenvalue weighted by Gasteiger charge is 2.21. The van der Waals surface area contributed by atoms with Crippen molar-refractivity contribution in [3.8, 4) is 0 Å². The molecule has 0 fully saturated rings. The average Bonchev–Trinajstić information content (AvgIpc) is 2.75. The molecule has 110 valence electrons. The lowest BCUT2D eigenvalue weighted by Crippen LogP contribution is -2.19. The highest BCUT2D eigenvalue weighted by molar-refractivity contribution is 7.11. The van der Waals surface area contributed by atoms with E-state index in [1.165, 1.54) is 16.4 Å². The Labute approximate surface area is 122 Å². The van der Waals surface area contributed by atoms with Gasteiger partial charge in [-0.3, -0.25) is 0 Å². The summed E-state index contributed by atoms with van der Waals surface area (Å²) in [5.41, 5.74) is 0.343. The van der Waals surface area contributed by atoms with Gasteiger partial charge in [0.2, 0.25) is 0 Å². The van der Waals surface area contributed by atoms with Gasteiger partial charge in [0.15, 0.2) is 0 Å². The van der Waals surface area contributed by atoms with Gasteiger partial charge < -0.3 is 5.32 Å². The molecule has 1 rings (SSSR count). The first-order valence-electron chi connectivity index (χ1n) is 7.45. The van der Waals surface area contributed by atoms with E-state index in [-0.39, 0.29) is 0 Å². The van der Waals surface area contributed by atoms with Crippen molar-refractivity contribution in [2.45, 2.75) is 60.3 Å². The van der Waals surface area contributed by atoms with Crippen LogP contribution in [0.25, 0.3) is 0 Å². The molecule has 3 nitrogen and oxygen atoms in total. The standard InChI is InChI=1S/C15H29N3S/c1-6-9-16-10-7-8-13-17-18-14(19-13)11-12(2)15(3,4)5/h12,16H,6-11H2,1-5H3. The fourth-order valence-electron chi connectivity index (χ4n) is 1.71. The van der Waals surface area contributed by atoms with Crippen molar-refractivity contribution in [2.24, 2.45) is 11.3 Å². The predicted octanol–water partition coefficient (Wildman–Crippen LogP) is 3.70. The number of nitrogens with zero attached hydrogens (tertiary/aromatic N) is 2. The molecule has 1 heterocycles. The molecular formula is C15H29N3S. The number of nitrogens with one attached hydrogen (secondary N) is 1. The number of hydrogen-bond acceptors (Lipinski definition) is 4. The van der Waals surface area contributed by atoms with Crippen LogP contribution in [0.1, 0.15) is 57.5 Å². The van der Waals surface area contributed by atoms with Crippen LogP contribution < -0.4 is 5.32 Å². The Morgan fingerprint density at radius 1 is 1.16 bits per heavy atom. The predicted molar refractivity (Wildman–Crippen MR) is 83.7 cm³/mol. The summed E-state index contributed by atoms with van der Waals surface area (Å²) in [6, 6.07) is 0. The lowest BCUT2D eigenvalue weighted by Gasteiger charge is -2.26. The van der Waals surface area contributed by atoms with Gasteiger partial charge in [-0.2, -0.15) is 0 Å². The van der Waals surface area contributed by atoms with Crippen LogP contribution in [0.2, 0.25) is 0 Å². The molecule has 4 heteroatoms. The molecule has 19 heavy (non-hydrogen) atoms. The quantitative estimate of drug-likeness (QED) is 0.739. The number of hydrogen-bond donors (Lipinski definition) is 1. The molecule has 0 spiro atoms. The largest absolute Gasteiger partial charge is 0.317 e. The van der Waals surface area contributed by atoms with Crippen LogP contribution in [0.15, 0.2) is 0 Å². The summed E-state index contributed by atoms with van der Waals surface area (Å²) in [6.07, 6.45) is 4.46. The van der Waals surface area contributed by atoms with E-state index in [4.69, 9.17) is 0 Å². The number of aromatic nitrogens is 2. The second kappa shape index (κ2) is 7.95. The number of rotatable bonds is 8. The number of aryl methyl sites for hydroxylation is 1. The topological polar surface area (TPSA) is 37.8 Å². The molecule has 0 saturated heterocycles. The molecule has 0 saturated carbocycles. The molecule has 1 N–H and O–H groups in total. The minimum Gasteiger partial charge on any atom is -0.317 e. The molecule has 0 aromatic carbocycles. The third kappa shape index (κ3) is 6.48. The molecule has 1 unspecified atom stereocenters. The maximum Gasteiger partial charge on any atom is 0.117 e. The van der Waals surface area contributed by atoms with Crippen molar-refractivity contribution in [3.63, 3.8) is 0 Å². The zero-order valence-corrected chi connectivity index (χ0v) is 13.9. The zero-order chi connectivity index (χ0) is 14.3. The monoisotopic (exact) mass is 283 g/mol. The lowest BCUT2D eigenvalue weighted by atomic mass is 9.80.